The lowest BCUT2D eigenvalue weighted by Gasteiger charge is -2.17. The molecule has 0 bridgehead atoms. The Kier molecular flexibility index (Phi) is 5.80. The number of aliphatic carboxylic acids is 1. The van der Waals surface area contributed by atoms with Gasteiger partial charge in [0, 0.05) is 13.5 Å². The van der Waals surface area contributed by atoms with Crippen molar-refractivity contribution in [1.29, 1.82) is 0 Å². The summed E-state index contributed by atoms with van der Waals surface area (Å²) in [5.41, 5.74) is -1.26. The molecule has 102 valence electrons. The van der Waals surface area contributed by atoms with E-state index in [0.29, 0.717) is 0 Å². The molecule has 0 aromatic carbocycles. The van der Waals surface area contributed by atoms with Crippen LogP contribution in [0.25, 0.3) is 0 Å². The van der Waals surface area contributed by atoms with Crippen LogP contribution < -0.4 is 16.0 Å². The molecule has 0 aromatic rings. The SMILES string of the molecule is CNC(=O)CNC(=O)NC(=O)CC(C)(C)C(=O)O. The van der Waals surface area contributed by atoms with E-state index in [1.807, 2.05) is 5.32 Å². The second-order valence-electron chi connectivity index (χ2n) is 4.27. The number of carboxylic acids is 1. The Morgan fingerprint density at radius 3 is 2.11 bits per heavy atom. The Morgan fingerprint density at radius 1 is 1.11 bits per heavy atom. The Balaban J connectivity index is 4.13. The van der Waals surface area contributed by atoms with E-state index in [1.165, 1.54) is 20.9 Å². The maximum Gasteiger partial charge on any atom is 0.321 e. The molecule has 0 radical (unpaired) electrons. The zero-order valence-corrected chi connectivity index (χ0v) is 10.5. The van der Waals surface area contributed by atoms with Gasteiger partial charge in [-0.1, -0.05) is 0 Å². The van der Waals surface area contributed by atoms with Crippen molar-refractivity contribution in [2.45, 2.75) is 20.3 Å². The van der Waals surface area contributed by atoms with Gasteiger partial charge in [-0.15, -0.1) is 0 Å². The molecule has 8 heteroatoms. The Hall–Kier alpha value is -2.12. The molecule has 4 amide bonds. The summed E-state index contributed by atoms with van der Waals surface area (Å²) in [5, 5.41) is 15.2. The molecule has 0 atom stereocenters. The van der Waals surface area contributed by atoms with Crippen LogP contribution in [0.4, 0.5) is 4.79 Å². The number of carboxylic acid groups (broad SMARTS) is 1. The average Bonchev–Trinajstić information content (AvgIpc) is 2.24. The van der Waals surface area contributed by atoms with E-state index in [-0.39, 0.29) is 13.0 Å². The number of likely N-dealkylation sites (N-methyl/N-ethyl adjacent to an activating group) is 1. The highest BCUT2D eigenvalue weighted by Crippen LogP contribution is 2.19. The van der Waals surface area contributed by atoms with E-state index < -0.39 is 29.2 Å². The van der Waals surface area contributed by atoms with Gasteiger partial charge in [0.1, 0.15) is 0 Å². The summed E-state index contributed by atoms with van der Waals surface area (Å²) in [5.74, 6) is -2.27. The molecule has 8 nitrogen and oxygen atoms in total. The zero-order chi connectivity index (χ0) is 14.3. The van der Waals surface area contributed by atoms with Gasteiger partial charge >= 0.3 is 12.0 Å². The summed E-state index contributed by atoms with van der Waals surface area (Å²) in [6.45, 7) is 2.48. The standard InChI is InChI=1S/C10H17N3O5/c1-10(2,8(16)17)4-6(14)13-9(18)12-5-7(15)11-3/h4-5H2,1-3H3,(H,11,15)(H,16,17)(H2,12,13,14,18). The topological polar surface area (TPSA) is 125 Å². The van der Waals surface area contributed by atoms with E-state index in [4.69, 9.17) is 5.11 Å². The molecule has 0 saturated heterocycles. The molecule has 0 spiro atoms. The van der Waals surface area contributed by atoms with Gasteiger partial charge in [-0.3, -0.25) is 19.7 Å². The lowest BCUT2D eigenvalue weighted by Crippen LogP contribution is -2.45. The molecule has 0 rings (SSSR count). The molecule has 0 saturated carbocycles. The molecule has 0 fully saturated rings. The molecule has 18 heavy (non-hydrogen) atoms. The number of carbonyl (C=O) groups excluding carboxylic acids is 3. The average molecular weight is 259 g/mol. The summed E-state index contributed by atoms with van der Waals surface area (Å²) < 4.78 is 0. The van der Waals surface area contributed by atoms with Crippen LogP contribution in [0.2, 0.25) is 0 Å². The molecule has 0 heterocycles. The molecule has 0 aromatic heterocycles. The van der Waals surface area contributed by atoms with Crippen LogP contribution in [-0.4, -0.2) is 42.5 Å². The van der Waals surface area contributed by atoms with Gasteiger partial charge in [-0.05, 0) is 13.8 Å². The highest BCUT2D eigenvalue weighted by molar-refractivity contribution is 5.97. The maximum atomic E-state index is 11.4. The van der Waals surface area contributed by atoms with Crippen LogP contribution >= 0.6 is 0 Å². The Morgan fingerprint density at radius 2 is 1.67 bits per heavy atom. The largest absolute Gasteiger partial charge is 0.481 e. The number of urea groups is 1. The lowest BCUT2D eigenvalue weighted by molar-refractivity contribution is -0.149. The number of nitrogens with one attached hydrogen (secondary N) is 3. The molecule has 0 aliphatic heterocycles. The Labute approximate surface area is 104 Å². The van der Waals surface area contributed by atoms with Gasteiger partial charge in [0.25, 0.3) is 0 Å². The highest BCUT2D eigenvalue weighted by Gasteiger charge is 2.30. The number of hydrogen-bond acceptors (Lipinski definition) is 4. The third kappa shape index (κ3) is 5.83. The number of imide groups is 1. The fourth-order valence-electron chi connectivity index (χ4n) is 0.941. The predicted molar refractivity (Wildman–Crippen MR) is 61.6 cm³/mol. The van der Waals surface area contributed by atoms with Crippen molar-refractivity contribution < 1.29 is 24.3 Å². The summed E-state index contributed by atoms with van der Waals surface area (Å²) in [4.78, 5) is 44.1. The number of amides is 4. The van der Waals surface area contributed by atoms with Crippen LogP contribution in [-0.2, 0) is 14.4 Å². The first-order chi connectivity index (χ1) is 8.19. The van der Waals surface area contributed by atoms with E-state index in [1.54, 1.807) is 0 Å². The molecule has 0 aliphatic rings. The van der Waals surface area contributed by atoms with Crippen molar-refractivity contribution in [2.75, 3.05) is 13.6 Å². The van der Waals surface area contributed by atoms with Crippen molar-refractivity contribution >= 4 is 23.8 Å². The van der Waals surface area contributed by atoms with Gasteiger partial charge < -0.3 is 15.7 Å². The molecular formula is C10H17N3O5. The normalized spacial score (nSPS) is 10.4. The third-order valence-electron chi connectivity index (χ3n) is 2.12. The van der Waals surface area contributed by atoms with Gasteiger partial charge in [0.15, 0.2) is 0 Å². The van der Waals surface area contributed by atoms with Crippen LogP contribution in [0.1, 0.15) is 20.3 Å². The molecular weight excluding hydrogens is 242 g/mol. The van der Waals surface area contributed by atoms with Crippen LogP contribution in [0.5, 0.6) is 0 Å². The van der Waals surface area contributed by atoms with Crippen molar-refractivity contribution in [2.24, 2.45) is 5.41 Å². The summed E-state index contributed by atoms with van der Waals surface area (Å²) in [6, 6.07) is -0.843. The molecule has 0 aliphatic carbocycles. The molecule has 0 unspecified atom stereocenters. The smallest absolute Gasteiger partial charge is 0.321 e. The minimum Gasteiger partial charge on any atom is -0.481 e. The first-order valence-electron chi connectivity index (χ1n) is 5.20. The first kappa shape index (κ1) is 15.9. The minimum absolute atomic E-state index is 0.266. The number of rotatable bonds is 5. The van der Waals surface area contributed by atoms with Crippen LogP contribution in [0.15, 0.2) is 0 Å². The fraction of sp³-hybridized carbons (Fsp3) is 0.600. The second kappa shape index (κ2) is 6.58. The Bertz CT molecular complexity index is 365. The third-order valence-corrected chi connectivity index (χ3v) is 2.12. The summed E-state index contributed by atoms with van der Waals surface area (Å²) in [7, 11) is 1.41. The minimum atomic E-state index is -1.26. The summed E-state index contributed by atoms with van der Waals surface area (Å²) in [6.07, 6.45) is -0.338. The van der Waals surface area contributed by atoms with Gasteiger partial charge in [0.05, 0.1) is 12.0 Å². The van der Waals surface area contributed by atoms with Gasteiger partial charge in [0.2, 0.25) is 11.8 Å². The van der Waals surface area contributed by atoms with E-state index in [9.17, 15) is 19.2 Å². The predicted octanol–water partition coefficient (Wildman–Crippen LogP) is -0.941. The maximum absolute atomic E-state index is 11.4. The quantitative estimate of drug-likeness (QED) is 0.507. The van der Waals surface area contributed by atoms with Crippen molar-refractivity contribution in [3.63, 3.8) is 0 Å². The van der Waals surface area contributed by atoms with Gasteiger partial charge in [-0.2, -0.15) is 0 Å². The van der Waals surface area contributed by atoms with Gasteiger partial charge in [-0.25, -0.2) is 4.79 Å². The number of carbonyl (C=O) groups is 4. The van der Waals surface area contributed by atoms with Crippen LogP contribution in [0, 0.1) is 5.41 Å². The lowest BCUT2D eigenvalue weighted by atomic mass is 9.89. The van der Waals surface area contributed by atoms with E-state index in [2.05, 4.69) is 10.6 Å². The van der Waals surface area contributed by atoms with Crippen molar-refractivity contribution in [3.05, 3.63) is 0 Å². The van der Waals surface area contributed by atoms with E-state index >= 15 is 0 Å². The summed E-state index contributed by atoms with van der Waals surface area (Å²) >= 11 is 0. The molecule has 4 N–H and O–H groups in total. The zero-order valence-electron chi connectivity index (χ0n) is 10.5. The first-order valence-corrected chi connectivity index (χ1v) is 5.20. The highest BCUT2D eigenvalue weighted by atomic mass is 16.4. The van der Waals surface area contributed by atoms with Crippen molar-refractivity contribution in [3.8, 4) is 0 Å². The van der Waals surface area contributed by atoms with Crippen molar-refractivity contribution in [1.82, 2.24) is 16.0 Å². The number of hydrogen-bond donors (Lipinski definition) is 4. The second-order valence-corrected chi connectivity index (χ2v) is 4.27. The van der Waals surface area contributed by atoms with E-state index in [0.717, 1.165) is 0 Å². The fourth-order valence-corrected chi connectivity index (χ4v) is 0.941. The van der Waals surface area contributed by atoms with Crippen LogP contribution in [0.3, 0.4) is 0 Å². The monoisotopic (exact) mass is 259 g/mol.